The van der Waals surface area contributed by atoms with Crippen molar-refractivity contribution in [3.8, 4) is 0 Å². The molecule has 2 atom stereocenters. The van der Waals surface area contributed by atoms with Crippen LogP contribution in [0.4, 0.5) is 0 Å². The summed E-state index contributed by atoms with van der Waals surface area (Å²) in [5.41, 5.74) is 0. The van der Waals surface area contributed by atoms with E-state index in [0.29, 0.717) is 6.61 Å². The minimum Gasteiger partial charge on any atom is -0.302 e. The summed E-state index contributed by atoms with van der Waals surface area (Å²) in [5, 5.41) is 0. The Bertz CT molecular complexity index is 585. The number of rotatable bonds is 37. The van der Waals surface area contributed by atoms with Crippen LogP contribution in [0.5, 0.6) is 0 Å². The Hall–Kier alpha value is 0.0700. The Morgan fingerprint density at radius 3 is 1.18 bits per heavy atom. The Kier molecular flexibility index (Phi) is 34.5. The molecule has 266 valence electrons. The molecule has 0 aliphatic carbocycles. The fourth-order valence-electron chi connectivity index (χ4n) is 6.12. The van der Waals surface area contributed by atoms with E-state index in [9.17, 15) is 9.46 Å². The van der Waals surface area contributed by atoms with Gasteiger partial charge in [-0.05, 0) is 32.1 Å². The van der Waals surface area contributed by atoms with Crippen molar-refractivity contribution in [2.45, 2.75) is 227 Å². The lowest BCUT2D eigenvalue weighted by Crippen LogP contribution is -2.38. The molecule has 0 heterocycles. The molecular weight excluding hydrogens is 565 g/mol. The lowest BCUT2D eigenvalue weighted by atomic mass is 10.1. The molecule has 0 saturated heterocycles. The maximum atomic E-state index is 13.1. The minimum atomic E-state index is -4.09. The van der Waals surface area contributed by atoms with Gasteiger partial charge in [0, 0.05) is 13.1 Å². The molecule has 0 aliphatic heterocycles. The summed E-state index contributed by atoms with van der Waals surface area (Å²) in [6, 6.07) is 0. The van der Waals surface area contributed by atoms with E-state index in [-0.39, 0.29) is 6.23 Å². The molecule has 0 saturated carbocycles. The predicted molar refractivity (Wildman–Crippen MR) is 193 cm³/mol. The van der Waals surface area contributed by atoms with E-state index < -0.39 is 7.82 Å². The van der Waals surface area contributed by atoms with Crippen LogP contribution in [0.1, 0.15) is 220 Å². The number of phosphoric ester groups is 1. The average Bonchev–Trinajstić information content (AvgIpc) is 3.01. The van der Waals surface area contributed by atoms with Crippen LogP contribution in [0, 0.1) is 0 Å². The van der Waals surface area contributed by atoms with Gasteiger partial charge in [-0.1, -0.05) is 188 Å². The lowest BCUT2D eigenvalue weighted by molar-refractivity contribution is -0.0135. The Labute approximate surface area is 277 Å². The van der Waals surface area contributed by atoms with Crippen LogP contribution in [-0.2, 0) is 13.6 Å². The fraction of sp³-hybridized carbons (Fsp3) is 1.00. The standard InChI is InChI=1S/C38H80NO4P/c1-5-9-13-16-19-22-23-26-29-33-37-42-44(40,41)43-38(34-30-12-8-4)39(35-31-27-24-20-17-14-10-6-2)36-32-28-25-21-18-15-11-7-3/h38H,5-37H2,1-4H3,(H,40,41). The zero-order valence-corrected chi connectivity index (χ0v) is 31.4. The SMILES string of the molecule is CCCCCCCCCCCCOP(=O)(O)OC(CCCCC)N(CCCCCCCCCC)CCCCCCCCCC. The van der Waals surface area contributed by atoms with Gasteiger partial charge < -0.3 is 4.89 Å². The summed E-state index contributed by atoms with van der Waals surface area (Å²) in [4.78, 5) is 13.1. The molecule has 0 aromatic carbocycles. The Balaban J connectivity index is 4.79. The highest BCUT2D eigenvalue weighted by Crippen LogP contribution is 2.46. The third-order valence-corrected chi connectivity index (χ3v) is 10.1. The first-order valence-electron chi connectivity index (χ1n) is 19.9. The summed E-state index contributed by atoms with van der Waals surface area (Å²) < 4.78 is 24.6. The summed E-state index contributed by atoms with van der Waals surface area (Å²) in [5.74, 6) is 0. The highest BCUT2D eigenvalue weighted by Gasteiger charge is 2.30. The number of hydrogen-bond donors (Lipinski definition) is 1. The van der Waals surface area contributed by atoms with E-state index in [0.717, 1.165) is 64.5 Å². The van der Waals surface area contributed by atoms with E-state index in [4.69, 9.17) is 9.05 Å². The molecule has 5 nitrogen and oxygen atoms in total. The van der Waals surface area contributed by atoms with Gasteiger partial charge in [0.05, 0.1) is 6.61 Å². The van der Waals surface area contributed by atoms with Gasteiger partial charge in [-0.15, -0.1) is 0 Å². The van der Waals surface area contributed by atoms with Gasteiger partial charge in [0.1, 0.15) is 6.23 Å². The predicted octanol–water partition coefficient (Wildman–Crippen LogP) is 13.5. The highest BCUT2D eigenvalue weighted by molar-refractivity contribution is 7.47. The monoisotopic (exact) mass is 646 g/mol. The van der Waals surface area contributed by atoms with Crippen LogP contribution in [0.25, 0.3) is 0 Å². The second kappa shape index (κ2) is 34.4. The second-order valence-electron chi connectivity index (χ2n) is 13.5. The summed E-state index contributed by atoms with van der Waals surface area (Å²) >= 11 is 0. The first-order valence-corrected chi connectivity index (χ1v) is 21.4. The van der Waals surface area contributed by atoms with E-state index in [2.05, 4.69) is 32.6 Å². The quantitative estimate of drug-likeness (QED) is 0.0414. The molecule has 0 aromatic heterocycles. The van der Waals surface area contributed by atoms with E-state index in [1.54, 1.807) is 0 Å². The molecule has 0 rings (SSSR count). The van der Waals surface area contributed by atoms with Crippen molar-refractivity contribution >= 4 is 7.82 Å². The molecule has 0 radical (unpaired) electrons. The largest absolute Gasteiger partial charge is 0.473 e. The average molecular weight is 646 g/mol. The maximum absolute atomic E-state index is 13.1. The van der Waals surface area contributed by atoms with E-state index in [1.807, 2.05) is 0 Å². The molecule has 2 unspecified atom stereocenters. The van der Waals surface area contributed by atoms with Crippen molar-refractivity contribution in [2.75, 3.05) is 19.7 Å². The molecule has 0 amide bonds. The third-order valence-electron chi connectivity index (χ3n) is 9.07. The van der Waals surface area contributed by atoms with Crippen molar-refractivity contribution in [3.63, 3.8) is 0 Å². The topological polar surface area (TPSA) is 59.0 Å². The van der Waals surface area contributed by atoms with Gasteiger partial charge in [-0.25, -0.2) is 4.57 Å². The molecular formula is C38H80NO4P. The fourth-order valence-corrected chi connectivity index (χ4v) is 7.09. The van der Waals surface area contributed by atoms with Gasteiger partial charge >= 0.3 is 7.82 Å². The normalized spacial score (nSPS) is 14.0. The number of phosphoric acid groups is 1. The highest BCUT2D eigenvalue weighted by atomic mass is 31.2. The van der Waals surface area contributed by atoms with Crippen molar-refractivity contribution < 1.29 is 18.5 Å². The van der Waals surface area contributed by atoms with Crippen LogP contribution in [0.3, 0.4) is 0 Å². The molecule has 44 heavy (non-hydrogen) atoms. The second-order valence-corrected chi connectivity index (χ2v) is 14.9. The summed E-state index contributed by atoms with van der Waals surface area (Å²) in [6.07, 6.45) is 36.8. The van der Waals surface area contributed by atoms with Crippen molar-refractivity contribution in [1.29, 1.82) is 0 Å². The molecule has 0 aromatic rings. The van der Waals surface area contributed by atoms with Crippen LogP contribution in [-0.4, -0.2) is 35.7 Å². The summed E-state index contributed by atoms with van der Waals surface area (Å²) in [6.45, 7) is 11.2. The summed E-state index contributed by atoms with van der Waals surface area (Å²) in [7, 11) is -4.09. The lowest BCUT2D eigenvalue weighted by Gasteiger charge is -2.32. The Morgan fingerprint density at radius 2 is 0.795 bits per heavy atom. The van der Waals surface area contributed by atoms with Crippen molar-refractivity contribution in [2.24, 2.45) is 0 Å². The van der Waals surface area contributed by atoms with Crippen molar-refractivity contribution in [3.05, 3.63) is 0 Å². The zero-order valence-electron chi connectivity index (χ0n) is 30.5. The molecule has 0 spiro atoms. The van der Waals surface area contributed by atoms with Crippen LogP contribution >= 0.6 is 7.82 Å². The van der Waals surface area contributed by atoms with Gasteiger partial charge in [0.25, 0.3) is 0 Å². The number of hydrogen-bond acceptors (Lipinski definition) is 4. The van der Waals surface area contributed by atoms with Crippen molar-refractivity contribution in [1.82, 2.24) is 4.90 Å². The molecule has 0 fully saturated rings. The van der Waals surface area contributed by atoms with Crippen LogP contribution in [0.15, 0.2) is 0 Å². The number of unbranched alkanes of at least 4 members (excludes halogenated alkanes) is 25. The minimum absolute atomic E-state index is 0.308. The molecule has 6 heteroatoms. The first kappa shape index (κ1) is 44.1. The van der Waals surface area contributed by atoms with Gasteiger partial charge in [-0.2, -0.15) is 0 Å². The first-order chi connectivity index (χ1) is 21.5. The van der Waals surface area contributed by atoms with Gasteiger partial charge in [0.2, 0.25) is 0 Å². The van der Waals surface area contributed by atoms with Gasteiger partial charge in [0.15, 0.2) is 0 Å². The zero-order chi connectivity index (χ0) is 32.4. The number of nitrogens with zero attached hydrogens (tertiary/aromatic N) is 1. The maximum Gasteiger partial charge on any atom is 0.473 e. The van der Waals surface area contributed by atoms with E-state index >= 15 is 0 Å². The molecule has 1 N–H and O–H groups in total. The van der Waals surface area contributed by atoms with E-state index in [1.165, 1.54) is 141 Å². The Morgan fingerprint density at radius 1 is 0.477 bits per heavy atom. The molecule has 0 aliphatic rings. The molecule has 0 bridgehead atoms. The van der Waals surface area contributed by atoms with Crippen LogP contribution < -0.4 is 0 Å². The van der Waals surface area contributed by atoms with Gasteiger partial charge in [-0.3, -0.25) is 13.9 Å². The smallest absolute Gasteiger partial charge is 0.302 e. The third kappa shape index (κ3) is 30.7. The van der Waals surface area contributed by atoms with Crippen LogP contribution in [0.2, 0.25) is 0 Å².